The molecule has 1 aliphatic rings. The van der Waals surface area contributed by atoms with Gasteiger partial charge in [0, 0.05) is 13.6 Å². The fraction of sp³-hybridized carbons (Fsp3) is 0.333. The summed E-state index contributed by atoms with van der Waals surface area (Å²) in [5, 5.41) is 0.456. The Labute approximate surface area is 144 Å². The standard InChI is InChI=1S/C15H16ClN3O4S/c1-18-13(16)9-17-14(18)10-23-15(20)11-3-5-12(6-4-11)19-7-2-8-24(19,21)22/h3-6,9H,2,7-8,10H2,1H3. The minimum Gasteiger partial charge on any atom is -0.454 e. The lowest BCUT2D eigenvalue weighted by Crippen LogP contribution is -2.25. The highest BCUT2D eigenvalue weighted by atomic mass is 35.5. The minimum absolute atomic E-state index is 0.00427. The van der Waals surface area contributed by atoms with Crippen molar-refractivity contribution >= 4 is 33.3 Å². The van der Waals surface area contributed by atoms with Gasteiger partial charge in [-0.25, -0.2) is 18.2 Å². The Morgan fingerprint density at radius 2 is 2.04 bits per heavy atom. The second-order valence-electron chi connectivity index (χ2n) is 5.42. The average molecular weight is 370 g/mol. The van der Waals surface area contributed by atoms with Crippen molar-refractivity contribution in [2.24, 2.45) is 7.05 Å². The molecule has 0 atom stereocenters. The number of hydrogen-bond donors (Lipinski definition) is 0. The molecule has 0 radical (unpaired) electrons. The van der Waals surface area contributed by atoms with Crippen LogP contribution < -0.4 is 4.31 Å². The SMILES string of the molecule is Cn1c(Cl)cnc1COC(=O)c1ccc(N2CCCS2(=O)=O)cc1. The Morgan fingerprint density at radius 1 is 1.33 bits per heavy atom. The van der Waals surface area contributed by atoms with Crippen molar-refractivity contribution < 1.29 is 17.9 Å². The Hall–Kier alpha value is -2.06. The zero-order valence-corrected chi connectivity index (χ0v) is 14.5. The first-order chi connectivity index (χ1) is 11.4. The van der Waals surface area contributed by atoms with Crippen LogP contribution in [-0.2, 0) is 28.4 Å². The molecule has 24 heavy (non-hydrogen) atoms. The predicted octanol–water partition coefficient (Wildman–Crippen LogP) is 1.97. The summed E-state index contributed by atoms with van der Waals surface area (Å²) in [6, 6.07) is 6.32. The topological polar surface area (TPSA) is 81.5 Å². The van der Waals surface area contributed by atoms with Crippen LogP contribution in [0.3, 0.4) is 0 Å². The molecule has 0 aliphatic carbocycles. The largest absolute Gasteiger partial charge is 0.454 e. The fourth-order valence-corrected chi connectivity index (χ4v) is 4.18. The van der Waals surface area contributed by atoms with E-state index < -0.39 is 16.0 Å². The number of rotatable bonds is 4. The van der Waals surface area contributed by atoms with Gasteiger partial charge in [-0.1, -0.05) is 11.6 Å². The fourth-order valence-electron chi connectivity index (χ4n) is 2.47. The molecular formula is C15H16ClN3O4S. The molecule has 2 heterocycles. The highest BCUT2D eigenvalue weighted by Crippen LogP contribution is 2.24. The number of carbonyl (C=O) groups is 1. The summed E-state index contributed by atoms with van der Waals surface area (Å²) in [4.78, 5) is 16.1. The van der Waals surface area contributed by atoms with E-state index in [1.165, 1.54) is 10.5 Å². The van der Waals surface area contributed by atoms with Crippen LogP contribution in [-0.4, -0.2) is 36.2 Å². The molecule has 0 amide bonds. The highest BCUT2D eigenvalue weighted by molar-refractivity contribution is 7.93. The molecule has 0 spiro atoms. The van der Waals surface area contributed by atoms with Crippen LogP contribution in [0.5, 0.6) is 0 Å². The smallest absolute Gasteiger partial charge is 0.338 e. The molecular weight excluding hydrogens is 354 g/mol. The summed E-state index contributed by atoms with van der Waals surface area (Å²) >= 11 is 5.87. The summed E-state index contributed by atoms with van der Waals surface area (Å²) in [7, 11) is -1.50. The van der Waals surface area contributed by atoms with Crippen molar-refractivity contribution in [3.63, 3.8) is 0 Å². The lowest BCUT2D eigenvalue weighted by atomic mass is 10.2. The van der Waals surface area contributed by atoms with Gasteiger partial charge in [0.2, 0.25) is 10.0 Å². The summed E-state index contributed by atoms with van der Waals surface area (Å²) in [6.07, 6.45) is 2.09. The van der Waals surface area contributed by atoms with Gasteiger partial charge in [0.15, 0.2) is 0 Å². The first kappa shape index (κ1) is 16.8. The van der Waals surface area contributed by atoms with E-state index in [0.717, 1.165) is 0 Å². The van der Waals surface area contributed by atoms with Crippen LogP contribution >= 0.6 is 11.6 Å². The van der Waals surface area contributed by atoms with Crippen LogP contribution in [0.25, 0.3) is 0 Å². The summed E-state index contributed by atoms with van der Waals surface area (Å²) in [6.45, 7) is 0.469. The number of ether oxygens (including phenoxy) is 1. The van der Waals surface area contributed by atoms with Gasteiger partial charge in [-0.15, -0.1) is 0 Å². The molecule has 0 N–H and O–H groups in total. The van der Waals surface area contributed by atoms with Crippen LogP contribution in [0.2, 0.25) is 5.15 Å². The van der Waals surface area contributed by atoms with E-state index in [-0.39, 0.29) is 12.4 Å². The van der Waals surface area contributed by atoms with Gasteiger partial charge in [0.25, 0.3) is 0 Å². The number of nitrogens with zero attached hydrogens (tertiary/aromatic N) is 3. The van der Waals surface area contributed by atoms with Gasteiger partial charge in [0.05, 0.1) is 23.2 Å². The van der Waals surface area contributed by atoms with E-state index >= 15 is 0 Å². The van der Waals surface area contributed by atoms with Crippen molar-refractivity contribution in [2.75, 3.05) is 16.6 Å². The van der Waals surface area contributed by atoms with Crippen LogP contribution in [0.4, 0.5) is 5.69 Å². The number of aromatic nitrogens is 2. The van der Waals surface area contributed by atoms with Crippen molar-refractivity contribution in [3.05, 3.63) is 47.0 Å². The van der Waals surface area contributed by atoms with Crippen molar-refractivity contribution in [1.82, 2.24) is 9.55 Å². The number of halogens is 1. The van der Waals surface area contributed by atoms with E-state index in [4.69, 9.17) is 16.3 Å². The lowest BCUT2D eigenvalue weighted by molar-refractivity contribution is 0.0459. The molecule has 1 aromatic heterocycles. The third-order valence-corrected chi connectivity index (χ3v) is 6.07. The first-order valence-electron chi connectivity index (χ1n) is 7.32. The molecule has 0 unspecified atom stereocenters. The number of sulfonamides is 1. The lowest BCUT2D eigenvalue weighted by Gasteiger charge is -2.16. The Bertz CT molecular complexity index is 861. The third-order valence-electron chi connectivity index (χ3n) is 3.85. The Balaban J connectivity index is 1.67. The number of carbonyl (C=O) groups excluding carboxylic acids is 1. The van der Waals surface area contributed by atoms with E-state index in [0.29, 0.717) is 35.2 Å². The number of hydrogen-bond acceptors (Lipinski definition) is 5. The zero-order valence-electron chi connectivity index (χ0n) is 13.0. The van der Waals surface area contributed by atoms with Crippen LogP contribution in [0.1, 0.15) is 22.6 Å². The molecule has 1 aliphatic heterocycles. The Morgan fingerprint density at radius 3 is 2.58 bits per heavy atom. The normalized spacial score (nSPS) is 16.3. The quantitative estimate of drug-likeness (QED) is 0.769. The van der Waals surface area contributed by atoms with Gasteiger partial charge in [0.1, 0.15) is 17.6 Å². The van der Waals surface area contributed by atoms with Crippen molar-refractivity contribution in [1.29, 1.82) is 0 Å². The van der Waals surface area contributed by atoms with E-state index in [1.54, 1.807) is 35.9 Å². The maximum Gasteiger partial charge on any atom is 0.338 e. The van der Waals surface area contributed by atoms with E-state index in [1.807, 2.05) is 0 Å². The molecule has 1 saturated heterocycles. The molecule has 0 saturated carbocycles. The van der Waals surface area contributed by atoms with Gasteiger partial charge in [-0.3, -0.25) is 4.31 Å². The van der Waals surface area contributed by atoms with Crippen LogP contribution in [0.15, 0.2) is 30.5 Å². The molecule has 0 bridgehead atoms. The molecule has 128 valence electrons. The van der Waals surface area contributed by atoms with E-state index in [2.05, 4.69) is 4.98 Å². The number of esters is 1. The monoisotopic (exact) mass is 369 g/mol. The minimum atomic E-state index is -3.23. The average Bonchev–Trinajstić information content (AvgIpc) is 3.08. The van der Waals surface area contributed by atoms with Crippen LogP contribution in [0, 0.1) is 0 Å². The Kier molecular flexibility index (Phi) is 4.51. The van der Waals surface area contributed by atoms with Gasteiger partial charge < -0.3 is 9.30 Å². The second kappa shape index (κ2) is 6.45. The summed E-state index contributed by atoms with van der Waals surface area (Å²) in [5.41, 5.74) is 0.899. The zero-order chi connectivity index (χ0) is 17.3. The second-order valence-corrected chi connectivity index (χ2v) is 7.82. The first-order valence-corrected chi connectivity index (χ1v) is 9.31. The molecule has 7 nitrogen and oxygen atoms in total. The number of benzene rings is 1. The molecule has 3 rings (SSSR count). The van der Waals surface area contributed by atoms with Gasteiger partial charge in [-0.2, -0.15) is 0 Å². The van der Waals surface area contributed by atoms with Crippen molar-refractivity contribution in [2.45, 2.75) is 13.0 Å². The molecule has 9 heteroatoms. The van der Waals surface area contributed by atoms with Crippen molar-refractivity contribution in [3.8, 4) is 0 Å². The molecule has 1 fully saturated rings. The van der Waals surface area contributed by atoms with E-state index in [9.17, 15) is 13.2 Å². The highest BCUT2D eigenvalue weighted by Gasteiger charge is 2.28. The molecule has 2 aromatic rings. The summed E-state index contributed by atoms with van der Waals surface area (Å²) < 4.78 is 32.0. The number of imidazole rings is 1. The predicted molar refractivity (Wildman–Crippen MR) is 89.5 cm³/mol. The summed E-state index contributed by atoms with van der Waals surface area (Å²) in [5.74, 6) is 0.182. The van der Waals surface area contributed by atoms with Gasteiger partial charge >= 0.3 is 5.97 Å². The third kappa shape index (κ3) is 3.25. The maximum absolute atomic E-state index is 12.1. The molecule has 1 aromatic carbocycles. The maximum atomic E-state index is 12.1. The number of anilines is 1. The van der Waals surface area contributed by atoms with Gasteiger partial charge in [-0.05, 0) is 30.7 Å².